The van der Waals surface area contributed by atoms with E-state index in [9.17, 15) is 4.79 Å². The highest BCUT2D eigenvalue weighted by molar-refractivity contribution is 6.03. The molecule has 0 radical (unpaired) electrons. The molecule has 0 unspecified atom stereocenters. The average Bonchev–Trinajstić information content (AvgIpc) is 2.41. The van der Waals surface area contributed by atoms with Crippen molar-refractivity contribution in [1.29, 1.82) is 0 Å². The molecule has 0 amide bonds. The molecule has 0 bridgehead atoms. The first-order chi connectivity index (χ1) is 8.83. The maximum absolute atomic E-state index is 11.8. The van der Waals surface area contributed by atoms with Gasteiger partial charge in [-0.25, -0.2) is 0 Å². The molecule has 0 atom stereocenters. The lowest BCUT2D eigenvalue weighted by Gasteiger charge is -2.30. The number of fused-ring (bicyclic) bond motifs is 1. The summed E-state index contributed by atoms with van der Waals surface area (Å²) in [6, 6.07) is 7.90. The molecule has 3 nitrogen and oxygen atoms in total. The first-order valence-electron chi connectivity index (χ1n) is 6.81. The van der Waals surface area contributed by atoms with Crippen molar-refractivity contribution in [2.24, 2.45) is 0 Å². The lowest BCUT2D eigenvalue weighted by atomic mass is 10.00. The van der Waals surface area contributed by atoms with Gasteiger partial charge in [-0.2, -0.15) is 0 Å². The van der Waals surface area contributed by atoms with Crippen LogP contribution in [0, 0.1) is 0 Å². The summed E-state index contributed by atoms with van der Waals surface area (Å²) in [6.07, 6.45) is 4.89. The highest BCUT2D eigenvalue weighted by Gasteiger charge is 2.21. The number of rotatable bonds is 6. The molecule has 1 aliphatic heterocycles. The minimum Gasteiger partial charge on any atom is -0.396 e. The number of aliphatic hydroxyl groups excluding tert-OH is 1. The van der Waals surface area contributed by atoms with Gasteiger partial charge in [0, 0.05) is 37.4 Å². The van der Waals surface area contributed by atoms with E-state index in [-0.39, 0.29) is 5.78 Å². The maximum Gasteiger partial charge on any atom is 0.166 e. The van der Waals surface area contributed by atoms with Crippen LogP contribution in [-0.4, -0.2) is 30.6 Å². The first kappa shape index (κ1) is 13.1. The number of para-hydroxylation sites is 1. The van der Waals surface area contributed by atoms with Crippen molar-refractivity contribution in [2.75, 3.05) is 24.6 Å². The van der Waals surface area contributed by atoms with Gasteiger partial charge in [0.05, 0.1) is 0 Å². The van der Waals surface area contributed by atoms with E-state index >= 15 is 0 Å². The van der Waals surface area contributed by atoms with Gasteiger partial charge in [0.25, 0.3) is 0 Å². The van der Waals surface area contributed by atoms with Crippen LogP contribution in [0.4, 0.5) is 5.69 Å². The number of ketones is 1. The number of nitrogens with zero attached hydrogens (tertiary/aromatic N) is 1. The third kappa shape index (κ3) is 3.10. The monoisotopic (exact) mass is 247 g/mol. The molecule has 1 aromatic carbocycles. The molecule has 1 heterocycles. The quantitative estimate of drug-likeness (QED) is 0.786. The Morgan fingerprint density at radius 2 is 1.89 bits per heavy atom. The summed E-state index contributed by atoms with van der Waals surface area (Å²) in [5, 5.41) is 8.73. The van der Waals surface area contributed by atoms with Gasteiger partial charge < -0.3 is 10.0 Å². The highest BCUT2D eigenvalue weighted by atomic mass is 16.2. The van der Waals surface area contributed by atoms with Gasteiger partial charge in [-0.05, 0) is 25.0 Å². The third-order valence-electron chi connectivity index (χ3n) is 3.49. The first-order valence-corrected chi connectivity index (χ1v) is 6.81. The van der Waals surface area contributed by atoms with Crippen LogP contribution in [0.2, 0.25) is 0 Å². The predicted octanol–water partition coefficient (Wildman–Crippen LogP) is 2.63. The second-order valence-corrected chi connectivity index (χ2v) is 4.82. The Morgan fingerprint density at radius 3 is 2.72 bits per heavy atom. The number of carbonyl (C=O) groups excluding carboxylic acids is 1. The number of carbonyl (C=O) groups is 1. The topological polar surface area (TPSA) is 40.5 Å². The number of anilines is 1. The fourth-order valence-corrected chi connectivity index (χ4v) is 2.48. The Labute approximate surface area is 108 Å². The second-order valence-electron chi connectivity index (χ2n) is 4.82. The standard InChI is InChI=1S/C15H21NO2/c17-12-6-2-1-5-10-16-11-9-15(18)13-7-3-4-8-14(13)16/h3-4,7-8,17H,1-2,5-6,9-12H2. The molecule has 1 aromatic rings. The van der Waals surface area contributed by atoms with Crippen molar-refractivity contribution in [3.63, 3.8) is 0 Å². The van der Waals surface area contributed by atoms with Gasteiger partial charge >= 0.3 is 0 Å². The lowest BCUT2D eigenvalue weighted by Crippen LogP contribution is -2.32. The maximum atomic E-state index is 11.8. The molecule has 0 aromatic heterocycles. The van der Waals surface area contributed by atoms with Crippen LogP contribution in [0.1, 0.15) is 42.5 Å². The van der Waals surface area contributed by atoms with E-state index in [1.54, 1.807) is 0 Å². The Morgan fingerprint density at radius 1 is 1.11 bits per heavy atom. The van der Waals surface area contributed by atoms with E-state index in [2.05, 4.69) is 4.90 Å². The molecular formula is C15H21NO2. The lowest BCUT2D eigenvalue weighted by molar-refractivity contribution is 0.0980. The molecule has 1 aliphatic rings. The molecule has 18 heavy (non-hydrogen) atoms. The normalized spacial score (nSPS) is 14.7. The summed E-state index contributed by atoms with van der Waals surface area (Å²) in [7, 11) is 0. The van der Waals surface area contributed by atoms with Gasteiger partial charge in [0.2, 0.25) is 0 Å². The number of Topliss-reactive ketones (excluding diaryl/α,β-unsaturated/α-hetero) is 1. The van der Waals surface area contributed by atoms with Gasteiger partial charge in [-0.15, -0.1) is 0 Å². The van der Waals surface area contributed by atoms with Crippen LogP contribution >= 0.6 is 0 Å². The molecule has 0 aliphatic carbocycles. The number of unbranched alkanes of at least 4 members (excludes halogenated alkanes) is 3. The Hall–Kier alpha value is -1.35. The van der Waals surface area contributed by atoms with Crippen molar-refractivity contribution in [3.8, 4) is 0 Å². The van der Waals surface area contributed by atoms with Crippen molar-refractivity contribution in [3.05, 3.63) is 29.8 Å². The number of aliphatic hydroxyl groups is 1. The fraction of sp³-hybridized carbons (Fsp3) is 0.533. The van der Waals surface area contributed by atoms with Crippen LogP contribution in [0.25, 0.3) is 0 Å². The van der Waals surface area contributed by atoms with E-state index in [0.29, 0.717) is 13.0 Å². The fourth-order valence-electron chi connectivity index (χ4n) is 2.48. The molecule has 1 N–H and O–H groups in total. The summed E-state index contributed by atoms with van der Waals surface area (Å²) < 4.78 is 0. The molecule has 0 saturated carbocycles. The van der Waals surface area contributed by atoms with E-state index in [4.69, 9.17) is 5.11 Å². The van der Waals surface area contributed by atoms with Gasteiger partial charge in [-0.3, -0.25) is 4.79 Å². The van der Waals surface area contributed by atoms with Crippen molar-refractivity contribution >= 4 is 11.5 Å². The van der Waals surface area contributed by atoms with Crippen molar-refractivity contribution in [2.45, 2.75) is 32.1 Å². The molecule has 0 spiro atoms. The number of hydrogen-bond donors (Lipinski definition) is 1. The van der Waals surface area contributed by atoms with Crippen LogP contribution in [0.5, 0.6) is 0 Å². The van der Waals surface area contributed by atoms with E-state index < -0.39 is 0 Å². The summed E-state index contributed by atoms with van der Waals surface area (Å²) in [5.74, 6) is 0.266. The predicted molar refractivity (Wildman–Crippen MR) is 73.2 cm³/mol. The summed E-state index contributed by atoms with van der Waals surface area (Å²) in [5.41, 5.74) is 1.97. The highest BCUT2D eigenvalue weighted by Crippen LogP contribution is 2.26. The van der Waals surface area contributed by atoms with Crippen molar-refractivity contribution < 1.29 is 9.90 Å². The molecule has 0 fully saturated rings. The van der Waals surface area contributed by atoms with E-state index in [1.165, 1.54) is 0 Å². The minimum absolute atomic E-state index is 0.266. The van der Waals surface area contributed by atoms with Crippen molar-refractivity contribution in [1.82, 2.24) is 0 Å². The Balaban J connectivity index is 1.91. The second kappa shape index (κ2) is 6.55. The zero-order chi connectivity index (χ0) is 12.8. The van der Waals surface area contributed by atoms with Crippen LogP contribution < -0.4 is 4.90 Å². The zero-order valence-corrected chi connectivity index (χ0v) is 10.8. The molecule has 98 valence electrons. The van der Waals surface area contributed by atoms with Crippen LogP contribution in [0.15, 0.2) is 24.3 Å². The summed E-state index contributed by atoms with van der Waals surface area (Å²) in [4.78, 5) is 14.1. The largest absolute Gasteiger partial charge is 0.396 e. The van der Waals surface area contributed by atoms with Gasteiger partial charge in [0.15, 0.2) is 5.78 Å². The summed E-state index contributed by atoms with van der Waals surface area (Å²) >= 11 is 0. The molecular weight excluding hydrogens is 226 g/mol. The van der Waals surface area contributed by atoms with E-state index in [1.807, 2.05) is 24.3 Å². The van der Waals surface area contributed by atoms with E-state index in [0.717, 1.165) is 50.0 Å². The Kier molecular flexibility index (Phi) is 4.76. The third-order valence-corrected chi connectivity index (χ3v) is 3.49. The Bertz CT molecular complexity index is 403. The number of hydrogen-bond acceptors (Lipinski definition) is 3. The minimum atomic E-state index is 0.266. The zero-order valence-electron chi connectivity index (χ0n) is 10.8. The summed E-state index contributed by atoms with van der Waals surface area (Å²) in [6.45, 7) is 2.15. The smallest absolute Gasteiger partial charge is 0.166 e. The molecule has 0 saturated heterocycles. The average molecular weight is 247 g/mol. The molecule has 2 rings (SSSR count). The van der Waals surface area contributed by atoms with Gasteiger partial charge in [0.1, 0.15) is 0 Å². The van der Waals surface area contributed by atoms with Crippen LogP contribution in [0.3, 0.4) is 0 Å². The molecule has 3 heteroatoms. The van der Waals surface area contributed by atoms with Gasteiger partial charge in [-0.1, -0.05) is 25.0 Å². The number of benzene rings is 1. The SMILES string of the molecule is O=C1CCN(CCCCCCO)c2ccccc21. The van der Waals surface area contributed by atoms with Crippen LogP contribution in [-0.2, 0) is 0 Å².